The van der Waals surface area contributed by atoms with Gasteiger partial charge >= 0.3 is 0 Å². The fourth-order valence-corrected chi connectivity index (χ4v) is 3.95. The number of nitrogens with one attached hydrogen (secondary N) is 1. The van der Waals surface area contributed by atoms with Gasteiger partial charge in [0.2, 0.25) is 5.91 Å². The number of H-pyrrole nitrogens is 1. The first-order chi connectivity index (χ1) is 10.7. The highest BCUT2D eigenvalue weighted by atomic mass is 16.2. The molecule has 2 aliphatic rings. The van der Waals surface area contributed by atoms with E-state index >= 15 is 0 Å². The summed E-state index contributed by atoms with van der Waals surface area (Å²) in [6, 6.07) is 0. The van der Waals surface area contributed by atoms with E-state index in [-0.39, 0.29) is 5.91 Å². The van der Waals surface area contributed by atoms with E-state index in [4.69, 9.17) is 0 Å². The predicted molar refractivity (Wildman–Crippen MR) is 84.7 cm³/mol. The summed E-state index contributed by atoms with van der Waals surface area (Å²) >= 11 is 0. The maximum atomic E-state index is 11.5. The van der Waals surface area contributed by atoms with Crippen molar-refractivity contribution in [3.05, 3.63) is 18.1 Å². The second-order valence-electron chi connectivity index (χ2n) is 6.44. The number of anilines is 1. The van der Waals surface area contributed by atoms with Crippen LogP contribution in [0, 0.1) is 11.8 Å². The molecule has 116 valence electrons. The van der Waals surface area contributed by atoms with Crippen molar-refractivity contribution < 1.29 is 4.79 Å². The highest BCUT2D eigenvalue weighted by Crippen LogP contribution is 2.36. The van der Waals surface area contributed by atoms with Crippen molar-refractivity contribution in [2.75, 3.05) is 31.1 Å². The molecule has 0 aromatic carbocycles. The third kappa shape index (κ3) is 1.97. The zero-order chi connectivity index (χ0) is 15.3. The second kappa shape index (κ2) is 4.97. The second-order valence-corrected chi connectivity index (χ2v) is 6.44. The Labute approximate surface area is 129 Å². The molecule has 2 aromatic rings. The molecule has 4 rings (SSSR count). The Kier molecular flexibility index (Phi) is 3.06. The van der Waals surface area contributed by atoms with Crippen molar-refractivity contribution >= 4 is 22.8 Å². The molecule has 1 amide bonds. The van der Waals surface area contributed by atoms with Crippen molar-refractivity contribution in [3.63, 3.8) is 0 Å². The van der Waals surface area contributed by atoms with Gasteiger partial charge in [-0.2, -0.15) is 0 Å². The molecule has 0 bridgehead atoms. The fraction of sp³-hybridized carbons (Fsp3) is 0.562. The summed E-state index contributed by atoms with van der Waals surface area (Å²) in [7, 11) is 0. The van der Waals surface area contributed by atoms with Gasteiger partial charge in [0.15, 0.2) is 0 Å². The minimum atomic E-state index is 0.198. The van der Waals surface area contributed by atoms with Gasteiger partial charge in [-0.3, -0.25) is 4.79 Å². The highest BCUT2D eigenvalue weighted by Gasteiger charge is 2.41. The van der Waals surface area contributed by atoms with Crippen molar-refractivity contribution in [3.8, 4) is 0 Å². The monoisotopic (exact) mass is 299 g/mol. The molecule has 2 saturated heterocycles. The van der Waals surface area contributed by atoms with Crippen LogP contribution in [-0.2, 0) is 11.2 Å². The average molecular weight is 299 g/mol. The minimum absolute atomic E-state index is 0.198. The van der Waals surface area contributed by atoms with E-state index < -0.39 is 0 Å². The molecule has 0 aliphatic carbocycles. The predicted octanol–water partition coefficient (Wildman–Crippen LogP) is 1.43. The average Bonchev–Trinajstić information content (AvgIpc) is 3.18. The van der Waals surface area contributed by atoms with Crippen LogP contribution in [-0.4, -0.2) is 51.9 Å². The molecule has 2 aliphatic heterocycles. The molecule has 2 aromatic heterocycles. The zero-order valence-electron chi connectivity index (χ0n) is 13.0. The summed E-state index contributed by atoms with van der Waals surface area (Å²) in [6.07, 6.45) is 4.65. The molecule has 6 nitrogen and oxygen atoms in total. The molecule has 2 fully saturated rings. The smallest absolute Gasteiger partial charge is 0.219 e. The Morgan fingerprint density at radius 2 is 2.00 bits per heavy atom. The Bertz CT molecular complexity index is 710. The Morgan fingerprint density at radius 1 is 1.27 bits per heavy atom. The van der Waals surface area contributed by atoms with E-state index in [1.807, 2.05) is 11.1 Å². The highest BCUT2D eigenvalue weighted by molar-refractivity contribution is 5.91. The van der Waals surface area contributed by atoms with Crippen molar-refractivity contribution in [2.45, 2.75) is 20.3 Å². The Morgan fingerprint density at radius 3 is 2.64 bits per heavy atom. The maximum Gasteiger partial charge on any atom is 0.219 e. The lowest BCUT2D eigenvalue weighted by atomic mass is 10.0. The fourth-order valence-electron chi connectivity index (χ4n) is 3.95. The van der Waals surface area contributed by atoms with Gasteiger partial charge in [-0.1, -0.05) is 6.92 Å². The van der Waals surface area contributed by atoms with Gasteiger partial charge < -0.3 is 14.8 Å². The van der Waals surface area contributed by atoms with Gasteiger partial charge in [0, 0.05) is 51.1 Å². The summed E-state index contributed by atoms with van der Waals surface area (Å²) in [6.45, 7) is 7.56. The number of hydrogen-bond donors (Lipinski definition) is 1. The third-order valence-electron chi connectivity index (χ3n) is 5.14. The topological polar surface area (TPSA) is 65.1 Å². The number of likely N-dealkylation sites (tertiary alicyclic amines) is 1. The van der Waals surface area contributed by atoms with E-state index in [2.05, 4.69) is 26.8 Å². The largest absolute Gasteiger partial charge is 0.355 e. The van der Waals surface area contributed by atoms with Crippen LogP contribution in [0.2, 0.25) is 0 Å². The number of aryl methyl sites for hydroxylation is 1. The van der Waals surface area contributed by atoms with E-state index in [1.54, 1.807) is 13.3 Å². The number of fused-ring (bicyclic) bond motifs is 2. The zero-order valence-corrected chi connectivity index (χ0v) is 13.0. The lowest BCUT2D eigenvalue weighted by Crippen LogP contribution is -2.32. The van der Waals surface area contributed by atoms with E-state index in [9.17, 15) is 4.79 Å². The van der Waals surface area contributed by atoms with E-state index in [0.29, 0.717) is 11.8 Å². The Balaban J connectivity index is 1.63. The summed E-state index contributed by atoms with van der Waals surface area (Å²) in [5, 5.41) is 1.16. The summed E-state index contributed by atoms with van der Waals surface area (Å²) in [5.41, 5.74) is 2.19. The number of aromatic amines is 1. The van der Waals surface area contributed by atoms with Gasteiger partial charge in [-0.25, -0.2) is 9.97 Å². The normalized spacial score (nSPS) is 24.3. The SMILES string of the molecule is CCc1c[nH]c2ncnc(N3C[C@H]4CN(C(C)=O)C[C@H]4C3)c12. The molecule has 4 heterocycles. The van der Waals surface area contributed by atoms with Gasteiger partial charge in [-0.15, -0.1) is 0 Å². The van der Waals surface area contributed by atoms with Crippen LogP contribution in [0.25, 0.3) is 11.0 Å². The van der Waals surface area contributed by atoms with Gasteiger partial charge in [0.25, 0.3) is 0 Å². The molecule has 0 radical (unpaired) electrons. The number of aromatic nitrogens is 3. The Hall–Kier alpha value is -2.11. The van der Waals surface area contributed by atoms with Crippen LogP contribution in [0.15, 0.2) is 12.5 Å². The van der Waals surface area contributed by atoms with Crippen LogP contribution >= 0.6 is 0 Å². The van der Waals surface area contributed by atoms with Crippen molar-refractivity contribution in [2.24, 2.45) is 11.8 Å². The van der Waals surface area contributed by atoms with E-state index in [1.165, 1.54) is 5.56 Å². The number of hydrogen-bond acceptors (Lipinski definition) is 4. The molecule has 0 unspecified atom stereocenters. The van der Waals surface area contributed by atoms with E-state index in [0.717, 1.165) is 49.5 Å². The lowest BCUT2D eigenvalue weighted by molar-refractivity contribution is -0.128. The molecule has 1 N–H and O–H groups in total. The molecule has 6 heteroatoms. The maximum absolute atomic E-state index is 11.5. The van der Waals surface area contributed by atoms with Crippen LogP contribution in [0.1, 0.15) is 19.4 Å². The first-order valence-electron chi connectivity index (χ1n) is 7.98. The number of nitrogens with zero attached hydrogens (tertiary/aromatic N) is 4. The number of amides is 1. The lowest BCUT2D eigenvalue weighted by Gasteiger charge is -2.22. The number of rotatable bonds is 2. The quantitative estimate of drug-likeness (QED) is 0.911. The van der Waals surface area contributed by atoms with Crippen LogP contribution in [0.4, 0.5) is 5.82 Å². The summed E-state index contributed by atoms with van der Waals surface area (Å²) in [4.78, 5) is 28.1. The molecular formula is C16H21N5O. The van der Waals surface area contributed by atoms with Crippen LogP contribution in [0.5, 0.6) is 0 Å². The minimum Gasteiger partial charge on any atom is -0.355 e. The van der Waals surface area contributed by atoms with Gasteiger partial charge in [-0.05, 0) is 12.0 Å². The number of carbonyl (C=O) groups excluding carboxylic acids is 1. The van der Waals surface area contributed by atoms with Crippen molar-refractivity contribution in [1.29, 1.82) is 0 Å². The molecular weight excluding hydrogens is 278 g/mol. The van der Waals surface area contributed by atoms with Gasteiger partial charge in [0.05, 0.1) is 5.39 Å². The molecule has 22 heavy (non-hydrogen) atoms. The van der Waals surface area contributed by atoms with Crippen molar-refractivity contribution in [1.82, 2.24) is 19.9 Å². The standard InChI is InChI=1S/C16H21N5O/c1-3-11-4-17-15-14(11)16(19-9-18-15)21-7-12-5-20(10(2)22)6-13(12)8-21/h4,9,12-13H,3,5-8H2,1-2H3,(H,17,18,19)/t12-,13+. The van der Waals surface area contributed by atoms with Crippen LogP contribution < -0.4 is 4.90 Å². The first-order valence-corrected chi connectivity index (χ1v) is 7.98. The molecule has 0 saturated carbocycles. The number of carbonyl (C=O) groups is 1. The first kappa shape index (κ1) is 13.5. The molecule has 2 atom stereocenters. The summed E-state index contributed by atoms with van der Waals surface area (Å²) in [5.74, 6) is 2.38. The third-order valence-corrected chi connectivity index (χ3v) is 5.14. The van der Waals surface area contributed by atoms with Gasteiger partial charge in [0.1, 0.15) is 17.8 Å². The summed E-state index contributed by atoms with van der Waals surface area (Å²) < 4.78 is 0. The van der Waals surface area contributed by atoms with Crippen LogP contribution in [0.3, 0.4) is 0 Å². The molecule has 0 spiro atoms.